The molecule has 6 heteroatoms. The van der Waals surface area contributed by atoms with Gasteiger partial charge in [0.2, 0.25) is 0 Å². The number of fused-ring (bicyclic) bond motifs is 1. The maximum Gasteiger partial charge on any atom is 0.315 e. The van der Waals surface area contributed by atoms with Gasteiger partial charge in [-0.25, -0.2) is 4.68 Å². The zero-order valence-corrected chi connectivity index (χ0v) is 13.6. The Balaban J connectivity index is 1.58. The molecule has 1 aromatic heterocycles. The number of anilines is 1. The molecule has 0 radical (unpaired) electrons. The third-order valence-electron chi connectivity index (χ3n) is 4.78. The van der Waals surface area contributed by atoms with Crippen LogP contribution in [0, 0.1) is 11.8 Å². The standard InChI is InChI=1S/C17H24N4O2/c1-2-3-10-21-15(8-9-18-21)19-16(22)17(23)20-11-13-6-4-5-7-14(13)12-20/h4-5,8-9,13-14H,2-3,6-7,10-12H2,1H3,(H,19,22)/t13-,14+. The number of carbonyl (C=O) groups excluding carboxylic acids is 2. The molecule has 2 aliphatic rings. The Hall–Kier alpha value is -2.11. The molecule has 1 aromatic rings. The van der Waals surface area contributed by atoms with E-state index in [1.165, 1.54) is 0 Å². The predicted octanol–water partition coefficient (Wildman–Crippen LogP) is 2.05. The summed E-state index contributed by atoms with van der Waals surface area (Å²) in [7, 11) is 0. The number of aryl methyl sites for hydroxylation is 1. The van der Waals surface area contributed by atoms with Gasteiger partial charge in [0.15, 0.2) is 0 Å². The number of hydrogen-bond acceptors (Lipinski definition) is 3. The number of likely N-dealkylation sites (tertiary alicyclic amines) is 1. The lowest BCUT2D eigenvalue weighted by Gasteiger charge is -2.17. The average Bonchev–Trinajstić information content (AvgIpc) is 3.18. The highest BCUT2D eigenvalue weighted by atomic mass is 16.2. The van der Waals surface area contributed by atoms with Crippen LogP contribution in [0.2, 0.25) is 0 Å². The van der Waals surface area contributed by atoms with E-state index in [1.54, 1.807) is 21.8 Å². The second kappa shape index (κ2) is 6.98. The van der Waals surface area contributed by atoms with Gasteiger partial charge in [-0.3, -0.25) is 9.59 Å². The molecule has 0 saturated carbocycles. The summed E-state index contributed by atoms with van der Waals surface area (Å²) in [4.78, 5) is 26.4. The van der Waals surface area contributed by atoms with E-state index in [9.17, 15) is 9.59 Å². The fraction of sp³-hybridized carbons (Fsp3) is 0.588. The van der Waals surface area contributed by atoms with Crippen molar-refractivity contribution < 1.29 is 9.59 Å². The number of amides is 2. The van der Waals surface area contributed by atoms with Gasteiger partial charge in [0, 0.05) is 25.7 Å². The van der Waals surface area contributed by atoms with Gasteiger partial charge in [-0.05, 0) is 31.1 Å². The van der Waals surface area contributed by atoms with E-state index in [4.69, 9.17) is 0 Å². The second-order valence-electron chi connectivity index (χ2n) is 6.42. The van der Waals surface area contributed by atoms with Crippen LogP contribution in [0.1, 0.15) is 32.6 Å². The zero-order chi connectivity index (χ0) is 16.2. The molecule has 3 rings (SSSR count). The Labute approximate surface area is 136 Å². The summed E-state index contributed by atoms with van der Waals surface area (Å²) in [5, 5.41) is 6.90. The zero-order valence-electron chi connectivity index (χ0n) is 13.6. The first kappa shape index (κ1) is 15.8. The smallest absolute Gasteiger partial charge is 0.315 e. The Morgan fingerprint density at radius 3 is 2.61 bits per heavy atom. The highest BCUT2D eigenvalue weighted by molar-refractivity contribution is 6.39. The van der Waals surface area contributed by atoms with Crippen molar-refractivity contribution in [2.45, 2.75) is 39.2 Å². The van der Waals surface area contributed by atoms with Crippen LogP contribution in [-0.4, -0.2) is 39.6 Å². The van der Waals surface area contributed by atoms with Crippen molar-refractivity contribution in [3.8, 4) is 0 Å². The summed E-state index contributed by atoms with van der Waals surface area (Å²) in [6.45, 7) is 4.23. The Morgan fingerprint density at radius 1 is 1.26 bits per heavy atom. The van der Waals surface area contributed by atoms with Crippen LogP contribution in [0.3, 0.4) is 0 Å². The normalized spacial score (nSPS) is 22.9. The molecule has 0 unspecified atom stereocenters. The first-order valence-corrected chi connectivity index (χ1v) is 8.46. The minimum atomic E-state index is -0.560. The number of nitrogens with zero attached hydrogens (tertiary/aromatic N) is 3. The molecule has 23 heavy (non-hydrogen) atoms. The molecule has 124 valence electrons. The number of rotatable bonds is 4. The Morgan fingerprint density at radius 2 is 1.96 bits per heavy atom. The first-order valence-electron chi connectivity index (χ1n) is 8.46. The molecule has 0 bridgehead atoms. The van der Waals surface area contributed by atoms with Gasteiger partial charge in [0.1, 0.15) is 5.82 Å². The summed E-state index contributed by atoms with van der Waals surface area (Å²) in [5.74, 6) is 0.617. The van der Waals surface area contributed by atoms with Crippen molar-refractivity contribution in [1.29, 1.82) is 0 Å². The van der Waals surface area contributed by atoms with Crippen LogP contribution in [-0.2, 0) is 16.1 Å². The van der Waals surface area contributed by atoms with Gasteiger partial charge in [0.25, 0.3) is 0 Å². The van der Waals surface area contributed by atoms with E-state index < -0.39 is 11.8 Å². The Bertz CT molecular complexity index is 591. The monoisotopic (exact) mass is 316 g/mol. The van der Waals surface area contributed by atoms with Crippen LogP contribution in [0.15, 0.2) is 24.4 Å². The van der Waals surface area contributed by atoms with E-state index >= 15 is 0 Å². The molecule has 1 fully saturated rings. The maximum absolute atomic E-state index is 12.4. The molecule has 2 heterocycles. The third kappa shape index (κ3) is 3.46. The minimum Gasteiger partial charge on any atom is -0.334 e. The number of carbonyl (C=O) groups is 2. The predicted molar refractivity (Wildman–Crippen MR) is 87.7 cm³/mol. The molecule has 2 atom stereocenters. The fourth-order valence-electron chi connectivity index (χ4n) is 3.42. The summed E-state index contributed by atoms with van der Waals surface area (Å²) in [6.07, 6.45) is 10.1. The largest absolute Gasteiger partial charge is 0.334 e. The lowest BCUT2D eigenvalue weighted by atomic mass is 9.86. The van der Waals surface area contributed by atoms with Crippen molar-refractivity contribution in [2.24, 2.45) is 11.8 Å². The molecule has 1 saturated heterocycles. The topological polar surface area (TPSA) is 67.2 Å². The molecule has 1 aliphatic heterocycles. The van der Waals surface area contributed by atoms with Crippen molar-refractivity contribution >= 4 is 17.6 Å². The average molecular weight is 316 g/mol. The van der Waals surface area contributed by atoms with E-state index in [2.05, 4.69) is 29.5 Å². The number of nitrogens with one attached hydrogen (secondary N) is 1. The van der Waals surface area contributed by atoms with Crippen LogP contribution in [0.25, 0.3) is 0 Å². The van der Waals surface area contributed by atoms with Gasteiger partial charge >= 0.3 is 11.8 Å². The molecular weight excluding hydrogens is 292 g/mol. The van der Waals surface area contributed by atoms with Gasteiger partial charge in [-0.1, -0.05) is 25.5 Å². The molecule has 0 spiro atoms. The maximum atomic E-state index is 12.4. The number of hydrogen-bond donors (Lipinski definition) is 1. The lowest BCUT2D eigenvalue weighted by molar-refractivity contribution is -0.142. The van der Waals surface area contributed by atoms with Crippen LogP contribution < -0.4 is 5.32 Å². The van der Waals surface area contributed by atoms with Crippen LogP contribution >= 0.6 is 0 Å². The van der Waals surface area contributed by atoms with Crippen molar-refractivity contribution in [3.05, 3.63) is 24.4 Å². The van der Waals surface area contributed by atoms with E-state index in [0.29, 0.717) is 30.7 Å². The molecule has 2 amide bonds. The van der Waals surface area contributed by atoms with E-state index in [-0.39, 0.29) is 0 Å². The molecule has 1 N–H and O–H groups in total. The highest BCUT2D eigenvalue weighted by Crippen LogP contribution is 2.32. The molecular formula is C17H24N4O2. The van der Waals surface area contributed by atoms with Crippen molar-refractivity contribution in [2.75, 3.05) is 18.4 Å². The van der Waals surface area contributed by atoms with E-state index in [1.807, 2.05) is 0 Å². The van der Waals surface area contributed by atoms with Crippen molar-refractivity contribution in [1.82, 2.24) is 14.7 Å². The van der Waals surface area contributed by atoms with Crippen LogP contribution in [0.5, 0.6) is 0 Å². The fourth-order valence-corrected chi connectivity index (χ4v) is 3.42. The van der Waals surface area contributed by atoms with Crippen LogP contribution in [0.4, 0.5) is 5.82 Å². The number of aromatic nitrogens is 2. The molecule has 0 aromatic carbocycles. The van der Waals surface area contributed by atoms with Crippen molar-refractivity contribution in [3.63, 3.8) is 0 Å². The summed E-state index contributed by atoms with van der Waals surface area (Å²) in [5.41, 5.74) is 0. The summed E-state index contributed by atoms with van der Waals surface area (Å²) in [6, 6.07) is 1.73. The SMILES string of the molecule is CCCCn1nccc1NC(=O)C(=O)N1C[C@H]2CC=CC[C@H]2C1. The highest BCUT2D eigenvalue weighted by Gasteiger charge is 2.37. The van der Waals surface area contributed by atoms with E-state index in [0.717, 1.165) is 32.2 Å². The lowest BCUT2D eigenvalue weighted by Crippen LogP contribution is -2.38. The van der Waals surface area contributed by atoms with Gasteiger partial charge in [-0.2, -0.15) is 5.10 Å². The Kier molecular flexibility index (Phi) is 4.79. The second-order valence-corrected chi connectivity index (χ2v) is 6.42. The third-order valence-corrected chi connectivity index (χ3v) is 4.78. The molecule has 6 nitrogen and oxygen atoms in total. The number of allylic oxidation sites excluding steroid dienone is 2. The number of unbranched alkanes of at least 4 members (excludes halogenated alkanes) is 1. The van der Waals surface area contributed by atoms with Gasteiger partial charge < -0.3 is 10.2 Å². The van der Waals surface area contributed by atoms with Gasteiger partial charge in [-0.15, -0.1) is 0 Å². The van der Waals surface area contributed by atoms with Gasteiger partial charge in [0.05, 0.1) is 6.20 Å². The summed E-state index contributed by atoms with van der Waals surface area (Å²) < 4.78 is 1.74. The first-order chi connectivity index (χ1) is 11.2. The summed E-state index contributed by atoms with van der Waals surface area (Å²) >= 11 is 0. The molecule has 1 aliphatic carbocycles. The minimum absolute atomic E-state index is 0.428. The quantitative estimate of drug-likeness (QED) is 0.683.